The zero-order chi connectivity index (χ0) is 12.9. The molecule has 0 amide bonds. The monoisotopic (exact) mass is 270 g/mol. The largest absolute Gasteiger partial charge is 0.365 e. The van der Waals surface area contributed by atoms with Crippen LogP contribution in [0.25, 0.3) is 6.08 Å². The number of sulfonamides is 1. The molecule has 0 aromatic heterocycles. The fraction of sp³-hybridized carbons (Fsp3) is 0.182. The van der Waals surface area contributed by atoms with Crippen LogP contribution in [0.3, 0.4) is 0 Å². The number of hydrogen-bond donors (Lipinski definition) is 2. The van der Waals surface area contributed by atoms with Crippen molar-refractivity contribution in [2.45, 2.75) is 6.92 Å². The second-order valence-corrected chi connectivity index (χ2v) is 5.41. The van der Waals surface area contributed by atoms with Crippen LogP contribution < -0.4 is 10.0 Å². The van der Waals surface area contributed by atoms with E-state index in [1.807, 2.05) is 31.2 Å². The summed E-state index contributed by atoms with van der Waals surface area (Å²) in [6.45, 7) is 1.97. The van der Waals surface area contributed by atoms with E-state index < -0.39 is 10.0 Å². The highest BCUT2D eigenvalue weighted by molar-refractivity contribution is 7.94. The van der Waals surface area contributed by atoms with Gasteiger partial charge in [-0.15, -0.1) is 0 Å². The number of benzene rings is 1. The maximum Gasteiger partial charge on any atom is 0.256 e. The number of thiocarbonyl (C=S) groups is 1. The zero-order valence-electron chi connectivity index (χ0n) is 9.60. The van der Waals surface area contributed by atoms with Crippen molar-refractivity contribution in [2.75, 3.05) is 7.05 Å². The van der Waals surface area contributed by atoms with Gasteiger partial charge < -0.3 is 5.32 Å². The summed E-state index contributed by atoms with van der Waals surface area (Å²) in [5, 5.41) is 3.69. The van der Waals surface area contributed by atoms with Gasteiger partial charge in [-0.25, -0.2) is 8.42 Å². The lowest BCUT2D eigenvalue weighted by molar-refractivity contribution is 0.601. The van der Waals surface area contributed by atoms with Crippen LogP contribution in [0.5, 0.6) is 0 Å². The van der Waals surface area contributed by atoms with E-state index >= 15 is 0 Å². The molecule has 0 saturated heterocycles. The summed E-state index contributed by atoms with van der Waals surface area (Å²) >= 11 is 4.72. The Hall–Kier alpha value is -1.40. The van der Waals surface area contributed by atoms with Gasteiger partial charge in [0.15, 0.2) is 5.11 Å². The van der Waals surface area contributed by atoms with E-state index in [4.69, 9.17) is 12.2 Å². The fourth-order valence-corrected chi connectivity index (χ4v) is 2.17. The number of rotatable bonds is 3. The van der Waals surface area contributed by atoms with Crippen molar-refractivity contribution in [3.05, 3.63) is 40.8 Å². The first-order valence-corrected chi connectivity index (χ1v) is 6.88. The fourth-order valence-electron chi connectivity index (χ4n) is 1.06. The maximum absolute atomic E-state index is 11.5. The summed E-state index contributed by atoms with van der Waals surface area (Å²) in [4.78, 5) is 0. The predicted molar refractivity (Wildman–Crippen MR) is 73.9 cm³/mol. The summed E-state index contributed by atoms with van der Waals surface area (Å²) in [7, 11) is -1.99. The van der Waals surface area contributed by atoms with Gasteiger partial charge in [-0.3, -0.25) is 4.72 Å². The molecular weight excluding hydrogens is 256 g/mol. The average Bonchev–Trinajstić information content (AvgIpc) is 2.28. The van der Waals surface area contributed by atoms with Crippen LogP contribution in [-0.4, -0.2) is 20.6 Å². The molecule has 0 aliphatic rings. The van der Waals surface area contributed by atoms with Crippen molar-refractivity contribution < 1.29 is 8.42 Å². The quantitative estimate of drug-likeness (QED) is 0.815. The standard InChI is InChI=1S/C11H14N2O2S2/c1-9-3-5-10(6-4-9)7-8-17(14,15)13-11(16)12-2/h3-8H,1-2H3,(H2,12,13,16). The van der Waals surface area contributed by atoms with Crippen molar-refractivity contribution in [1.29, 1.82) is 0 Å². The Morgan fingerprint density at radius 3 is 2.41 bits per heavy atom. The van der Waals surface area contributed by atoms with Crippen LogP contribution in [0.15, 0.2) is 29.7 Å². The van der Waals surface area contributed by atoms with Gasteiger partial charge in [0.05, 0.1) is 5.41 Å². The van der Waals surface area contributed by atoms with Gasteiger partial charge in [-0.1, -0.05) is 29.8 Å². The van der Waals surface area contributed by atoms with E-state index in [0.717, 1.165) is 16.5 Å². The minimum absolute atomic E-state index is 0.0681. The Labute approximate surface area is 107 Å². The first-order valence-electron chi connectivity index (χ1n) is 4.92. The SMILES string of the molecule is CNC(=S)NS(=O)(=O)C=Cc1ccc(C)cc1. The third-order valence-electron chi connectivity index (χ3n) is 1.98. The Balaban J connectivity index is 2.76. The summed E-state index contributed by atoms with van der Waals surface area (Å²) in [5.74, 6) is 0. The molecule has 17 heavy (non-hydrogen) atoms. The second-order valence-electron chi connectivity index (χ2n) is 3.44. The molecule has 0 fully saturated rings. The first kappa shape index (κ1) is 13.7. The van der Waals surface area contributed by atoms with E-state index in [-0.39, 0.29) is 5.11 Å². The lowest BCUT2D eigenvalue weighted by atomic mass is 10.2. The normalized spacial score (nSPS) is 11.4. The van der Waals surface area contributed by atoms with E-state index in [9.17, 15) is 8.42 Å². The molecule has 0 aliphatic carbocycles. The molecule has 0 atom stereocenters. The van der Waals surface area contributed by atoms with Crippen LogP contribution >= 0.6 is 12.2 Å². The predicted octanol–water partition coefficient (Wildman–Crippen LogP) is 1.39. The van der Waals surface area contributed by atoms with Crippen LogP contribution in [-0.2, 0) is 10.0 Å². The highest BCUT2D eigenvalue weighted by Gasteiger charge is 2.05. The lowest BCUT2D eigenvalue weighted by Gasteiger charge is -2.04. The molecule has 2 N–H and O–H groups in total. The summed E-state index contributed by atoms with van der Waals surface area (Å²) in [6, 6.07) is 7.52. The lowest BCUT2D eigenvalue weighted by Crippen LogP contribution is -2.35. The second kappa shape index (κ2) is 5.79. The Kier molecular flexibility index (Phi) is 4.65. The Morgan fingerprint density at radius 2 is 1.88 bits per heavy atom. The van der Waals surface area contributed by atoms with Gasteiger partial charge in [-0.2, -0.15) is 0 Å². The minimum Gasteiger partial charge on any atom is -0.365 e. The molecule has 1 aromatic carbocycles. The molecule has 0 radical (unpaired) electrons. The van der Waals surface area contributed by atoms with Gasteiger partial charge in [0.25, 0.3) is 10.0 Å². The topological polar surface area (TPSA) is 58.2 Å². The summed E-state index contributed by atoms with van der Waals surface area (Å²) < 4.78 is 25.2. The smallest absolute Gasteiger partial charge is 0.256 e. The van der Waals surface area contributed by atoms with Crippen LogP contribution in [0.2, 0.25) is 0 Å². The third kappa shape index (κ3) is 4.97. The van der Waals surface area contributed by atoms with E-state index in [1.54, 1.807) is 7.05 Å². The maximum atomic E-state index is 11.5. The van der Waals surface area contributed by atoms with Crippen molar-refractivity contribution >= 4 is 33.4 Å². The van der Waals surface area contributed by atoms with Crippen molar-refractivity contribution in [3.63, 3.8) is 0 Å². The highest BCUT2D eigenvalue weighted by atomic mass is 32.2. The molecule has 0 heterocycles. The van der Waals surface area contributed by atoms with E-state index in [0.29, 0.717) is 0 Å². The summed E-state index contributed by atoms with van der Waals surface area (Å²) in [6.07, 6.45) is 1.51. The molecule has 1 rings (SSSR count). The van der Waals surface area contributed by atoms with Gasteiger partial charge >= 0.3 is 0 Å². The molecule has 0 spiro atoms. The van der Waals surface area contributed by atoms with Gasteiger partial charge in [0.1, 0.15) is 0 Å². The molecule has 1 aromatic rings. The molecule has 0 unspecified atom stereocenters. The summed E-state index contributed by atoms with van der Waals surface area (Å²) in [5.41, 5.74) is 1.94. The molecule has 6 heteroatoms. The van der Waals surface area contributed by atoms with Gasteiger partial charge in [0.2, 0.25) is 0 Å². The van der Waals surface area contributed by atoms with E-state index in [2.05, 4.69) is 10.0 Å². The van der Waals surface area contributed by atoms with Gasteiger partial charge in [0, 0.05) is 7.05 Å². The Morgan fingerprint density at radius 1 is 1.29 bits per heavy atom. The minimum atomic E-state index is -3.54. The zero-order valence-corrected chi connectivity index (χ0v) is 11.2. The molecule has 92 valence electrons. The molecular formula is C11H14N2O2S2. The van der Waals surface area contributed by atoms with Crippen molar-refractivity contribution in [3.8, 4) is 0 Å². The highest BCUT2D eigenvalue weighted by Crippen LogP contribution is 2.05. The van der Waals surface area contributed by atoms with Gasteiger partial charge in [-0.05, 0) is 30.8 Å². The molecule has 4 nitrogen and oxygen atoms in total. The Bertz CT molecular complexity index is 519. The van der Waals surface area contributed by atoms with Crippen LogP contribution in [0, 0.1) is 6.92 Å². The number of aryl methyl sites for hydroxylation is 1. The number of nitrogens with one attached hydrogen (secondary N) is 2. The number of hydrogen-bond acceptors (Lipinski definition) is 3. The molecule has 0 saturated carbocycles. The van der Waals surface area contributed by atoms with E-state index in [1.165, 1.54) is 6.08 Å². The van der Waals surface area contributed by atoms with Crippen molar-refractivity contribution in [2.24, 2.45) is 0 Å². The molecule has 0 bridgehead atoms. The van der Waals surface area contributed by atoms with Crippen molar-refractivity contribution in [1.82, 2.24) is 10.0 Å². The average molecular weight is 270 g/mol. The first-order chi connectivity index (χ1) is 7.93. The van der Waals surface area contributed by atoms with Crippen LogP contribution in [0.1, 0.15) is 11.1 Å². The molecule has 0 aliphatic heterocycles. The van der Waals surface area contributed by atoms with Crippen LogP contribution in [0.4, 0.5) is 0 Å². The third-order valence-corrected chi connectivity index (χ3v) is 3.40.